The fourth-order valence-electron chi connectivity index (χ4n) is 2.59. The van der Waals surface area contributed by atoms with E-state index < -0.39 is 5.75 Å². The molecule has 0 aliphatic heterocycles. The molecule has 2 N–H and O–H groups in total. The first-order chi connectivity index (χ1) is 12.1. The Morgan fingerprint density at radius 3 is 2.52 bits per heavy atom. The third kappa shape index (κ3) is 3.60. The van der Waals surface area contributed by atoms with Crippen molar-refractivity contribution in [2.45, 2.75) is 26.2 Å². The SMILES string of the molecule is CCCCCOc1ccc(-c2cc(=O)c3ccc(O)c(O)c3o2)cc1. The molecular formula is C20H20O5. The second-order valence-electron chi connectivity index (χ2n) is 5.86. The summed E-state index contributed by atoms with van der Waals surface area (Å²) in [6, 6.07) is 11.3. The molecule has 1 aromatic heterocycles. The van der Waals surface area contributed by atoms with Gasteiger partial charge in [0.2, 0.25) is 5.75 Å². The highest BCUT2D eigenvalue weighted by molar-refractivity contribution is 5.86. The first-order valence-electron chi connectivity index (χ1n) is 8.32. The normalized spacial score (nSPS) is 10.9. The van der Waals surface area contributed by atoms with Gasteiger partial charge in [0, 0.05) is 11.6 Å². The third-order valence-electron chi connectivity index (χ3n) is 4.01. The lowest BCUT2D eigenvalue weighted by Gasteiger charge is -2.08. The van der Waals surface area contributed by atoms with E-state index in [1.54, 1.807) is 12.1 Å². The van der Waals surface area contributed by atoms with Crippen molar-refractivity contribution < 1.29 is 19.4 Å². The molecule has 2 aromatic carbocycles. The second-order valence-corrected chi connectivity index (χ2v) is 5.86. The summed E-state index contributed by atoms with van der Waals surface area (Å²) in [4.78, 5) is 12.2. The topological polar surface area (TPSA) is 79.9 Å². The minimum Gasteiger partial charge on any atom is -0.504 e. The van der Waals surface area contributed by atoms with Gasteiger partial charge in [-0.1, -0.05) is 19.8 Å². The third-order valence-corrected chi connectivity index (χ3v) is 4.01. The molecule has 0 atom stereocenters. The zero-order valence-corrected chi connectivity index (χ0v) is 14.0. The molecule has 5 heteroatoms. The number of hydrogen-bond donors (Lipinski definition) is 2. The van der Waals surface area contributed by atoms with Crippen LogP contribution in [0.15, 0.2) is 51.7 Å². The molecular weight excluding hydrogens is 320 g/mol. The molecule has 3 aromatic rings. The molecule has 0 unspecified atom stereocenters. The number of aromatic hydroxyl groups is 2. The Morgan fingerprint density at radius 2 is 1.80 bits per heavy atom. The summed E-state index contributed by atoms with van der Waals surface area (Å²) < 4.78 is 11.3. The predicted octanol–water partition coefficient (Wildman–Crippen LogP) is 4.44. The van der Waals surface area contributed by atoms with Crippen molar-refractivity contribution in [1.82, 2.24) is 0 Å². The van der Waals surface area contributed by atoms with E-state index in [2.05, 4.69) is 6.92 Å². The second kappa shape index (κ2) is 7.30. The summed E-state index contributed by atoms with van der Waals surface area (Å²) >= 11 is 0. The van der Waals surface area contributed by atoms with E-state index in [0.29, 0.717) is 17.9 Å². The van der Waals surface area contributed by atoms with E-state index in [1.807, 2.05) is 12.1 Å². The molecule has 3 rings (SSSR count). The van der Waals surface area contributed by atoms with E-state index in [0.717, 1.165) is 25.0 Å². The fraction of sp³-hybridized carbons (Fsp3) is 0.250. The van der Waals surface area contributed by atoms with Gasteiger partial charge in [-0.25, -0.2) is 0 Å². The quantitative estimate of drug-likeness (QED) is 0.512. The van der Waals surface area contributed by atoms with Gasteiger partial charge in [-0.15, -0.1) is 0 Å². The maximum atomic E-state index is 12.2. The van der Waals surface area contributed by atoms with E-state index >= 15 is 0 Å². The summed E-state index contributed by atoms with van der Waals surface area (Å²) in [5.74, 6) is 0.301. The summed E-state index contributed by atoms with van der Waals surface area (Å²) in [5.41, 5.74) is 0.372. The van der Waals surface area contributed by atoms with Gasteiger partial charge in [0.15, 0.2) is 16.8 Å². The highest BCUT2D eigenvalue weighted by atomic mass is 16.5. The van der Waals surface area contributed by atoms with Crippen LogP contribution in [0.3, 0.4) is 0 Å². The van der Waals surface area contributed by atoms with E-state index in [9.17, 15) is 15.0 Å². The van der Waals surface area contributed by atoms with Crippen molar-refractivity contribution in [2.24, 2.45) is 0 Å². The predicted molar refractivity (Wildman–Crippen MR) is 96.3 cm³/mol. The number of rotatable bonds is 6. The molecule has 5 nitrogen and oxygen atoms in total. The lowest BCUT2D eigenvalue weighted by atomic mass is 10.1. The summed E-state index contributed by atoms with van der Waals surface area (Å²) in [6.45, 7) is 2.81. The van der Waals surface area contributed by atoms with Gasteiger partial charge in [-0.2, -0.15) is 0 Å². The number of phenolic OH excluding ortho intramolecular Hbond substituents is 2. The maximum absolute atomic E-state index is 12.2. The van der Waals surface area contributed by atoms with Gasteiger partial charge < -0.3 is 19.4 Å². The molecule has 25 heavy (non-hydrogen) atoms. The van der Waals surface area contributed by atoms with Crippen LogP contribution in [0.4, 0.5) is 0 Å². The number of phenols is 2. The fourth-order valence-corrected chi connectivity index (χ4v) is 2.59. The van der Waals surface area contributed by atoms with Crippen molar-refractivity contribution in [3.63, 3.8) is 0 Å². The zero-order valence-electron chi connectivity index (χ0n) is 14.0. The summed E-state index contributed by atoms with van der Waals surface area (Å²) in [6.07, 6.45) is 3.29. The average molecular weight is 340 g/mol. The first kappa shape index (κ1) is 16.9. The van der Waals surface area contributed by atoms with Crippen LogP contribution < -0.4 is 10.2 Å². The van der Waals surface area contributed by atoms with Crippen LogP contribution >= 0.6 is 0 Å². The van der Waals surface area contributed by atoms with Crippen molar-refractivity contribution >= 4 is 11.0 Å². The molecule has 0 aliphatic rings. The number of benzene rings is 2. The molecule has 0 aliphatic carbocycles. The average Bonchev–Trinajstić information content (AvgIpc) is 2.62. The van der Waals surface area contributed by atoms with Crippen LogP contribution in [0.25, 0.3) is 22.3 Å². The summed E-state index contributed by atoms with van der Waals surface area (Å²) in [5, 5.41) is 19.8. The number of hydrogen-bond acceptors (Lipinski definition) is 5. The minimum atomic E-state index is -0.438. The molecule has 0 fully saturated rings. The Labute approximate surface area is 145 Å². The lowest BCUT2D eigenvalue weighted by Crippen LogP contribution is -2.00. The van der Waals surface area contributed by atoms with Gasteiger partial charge >= 0.3 is 0 Å². The monoisotopic (exact) mass is 340 g/mol. The van der Waals surface area contributed by atoms with Gasteiger partial charge in [-0.3, -0.25) is 4.79 Å². The number of fused-ring (bicyclic) bond motifs is 1. The Kier molecular flexibility index (Phi) is 4.93. The van der Waals surface area contributed by atoms with Gasteiger partial charge in [0.05, 0.1) is 12.0 Å². The molecule has 0 saturated carbocycles. The van der Waals surface area contributed by atoms with Crippen LogP contribution in [0.2, 0.25) is 0 Å². The molecule has 0 amide bonds. The molecule has 1 heterocycles. The largest absolute Gasteiger partial charge is 0.504 e. The van der Waals surface area contributed by atoms with Gasteiger partial charge in [-0.05, 0) is 42.8 Å². The number of unbranched alkanes of at least 4 members (excludes halogenated alkanes) is 2. The van der Waals surface area contributed by atoms with Gasteiger partial charge in [0.1, 0.15) is 11.5 Å². The highest BCUT2D eigenvalue weighted by Gasteiger charge is 2.13. The van der Waals surface area contributed by atoms with Gasteiger partial charge in [0.25, 0.3) is 0 Å². The van der Waals surface area contributed by atoms with Crippen molar-refractivity contribution in [1.29, 1.82) is 0 Å². The standard InChI is InChI=1S/C20H20O5/c1-2-3-4-11-24-14-7-5-13(6-8-14)18-12-17(22)15-9-10-16(21)19(23)20(15)25-18/h5-10,12,21,23H,2-4,11H2,1H3. The van der Waals surface area contributed by atoms with Crippen LogP contribution in [0.5, 0.6) is 17.2 Å². The van der Waals surface area contributed by atoms with Crippen LogP contribution in [-0.4, -0.2) is 16.8 Å². The van der Waals surface area contributed by atoms with Crippen LogP contribution in [-0.2, 0) is 0 Å². The van der Waals surface area contributed by atoms with E-state index in [-0.39, 0.29) is 22.1 Å². The molecule has 0 saturated heterocycles. The first-order valence-corrected chi connectivity index (χ1v) is 8.32. The smallest absolute Gasteiger partial charge is 0.201 e. The molecule has 0 radical (unpaired) electrons. The van der Waals surface area contributed by atoms with E-state index in [4.69, 9.17) is 9.15 Å². The van der Waals surface area contributed by atoms with E-state index in [1.165, 1.54) is 18.2 Å². The highest BCUT2D eigenvalue weighted by Crippen LogP contribution is 2.34. The Hall–Kier alpha value is -2.95. The minimum absolute atomic E-state index is 0.0256. The van der Waals surface area contributed by atoms with Crippen molar-refractivity contribution in [3.8, 4) is 28.6 Å². The Balaban J connectivity index is 1.89. The zero-order chi connectivity index (χ0) is 17.8. The van der Waals surface area contributed by atoms with Crippen molar-refractivity contribution in [3.05, 3.63) is 52.7 Å². The lowest BCUT2D eigenvalue weighted by molar-refractivity contribution is 0.306. The number of ether oxygens (including phenoxy) is 1. The van der Waals surface area contributed by atoms with Crippen LogP contribution in [0.1, 0.15) is 26.2 Å². The Bertz CT molecular complexity index is 925. The molecule has 0 spiro atoms. The molecule has 130 valence electrons. The van der Waals surface area contributed by atoms with Crippen molar-refractivity contribution in [2.75, 3.05) is 6.61 Å². The molecule has 0 bridgehead atoms. The summed E-state index contributed by atoms with van der Waals surface area (Å²) in [7, 11) is 0. The maximum Gasteiger partial charge on any atom is 0.201 e. The van der Waals surface area contributed by atoms with Crippen LogP contribution in [0, 0.1) is 0 Å². The Morgan fingerprint density at radius 1 is 1.04 bits per heavy atom.